The monoisotopic (exact) mass is 279 g/mol. The fourth-order valence-electron chi connectivity index (χ4n) is 2.15. The standard InChI is InChI=1S/C16H17N5/c17-15-4-3-13(11-21-7-6-19-12-21)8-16(15)20-10-14-2-1-5-18-9-14/h1-9,12,20H,10-11,17H2. The van der Waals surface area contributed by atoms with Crippen molar-refractivity contribution in [1.82, 2.24) is 14.5 Å². The Morgan fingerprint density at radius 3 is 2.81 bits per heavy atom. The third-order valence-electron chi connectivity index (χ3n) is 3.25. The van der Waals surface area contributed by atoms with Crippen molar-refractivity contribution in [2.45, 2.75) is 13.1 Å². The average Bonchev–Trinajstić information content (AvgIpc) is 3.02. The van der Waals surface area contributed by atoms with E-state index >= 15 is 0 Å². The first kappa shape index (κ1) is 13.2. The van der Waals surface area contributed by atoms with Crippen LogP contribution in [0, 0.1) is 0 Å². The number of nitrogens with two attached hydrogens (primary N) is 1. The molecule has 0 spiro atoms. The molecule has 0 aliphatic heterocycles. The van der Waals surface area contributed by atoms with Crippen LogP contribution in [0.3, 0.4) is 0 Å². The van der Waals surface area contributed by atoms with E-state index in [9.17, 15) is 0 Å². The first-order valence-corrected chi connectivity index (χ1v) is 6.78. The summed E-state index contributed by atoms with van der Waals surface area (Å²) >= 11 is 0. The van der Waals surface area contributed by atoms with Crippen molar-refractivity contribution in [3.63, 3.8) is 0 Å². The Hall–Kier alpha value is -2.82. The number of hydrogen-bond donors (Lipinski definition) is 2. The third-order valence-corrected chi connectivity index (χ3v) is 3.25. The molecule has 0 bridgehead atoms. The summed E-state index contributed by atoms with van der Waals surface area (Å²) in [5, 5.41) is 3.36. The lowest BCUT2D eigenvalue weighted by molar-refractivity contribution is 0.797. The van der Waals surface area contributed by atoms with Crippen molar-refractivity contribution >= 4 is 11.4 Å². The molecular weight excluding hydrogens is 262 g/mol. The van der Waals surface area contributed by atoms with Crippen LogP contribution in [-0.2, 0) is 13.1 Å². The number of hydrogen-bond acceptors (Lipinski definition) is 4. The van der Waals surface area contributed by atoms with Crippen molar-refractivity contribution in [3.05, 3.63) is 72.6 Å². The van der Waals surface area contributed by atoms with Crippen LogP contribution in [0.4, 0.5) is 11.4 Å². The molecule has 0 aliphatic carbocycles. The van der Waals surface area contributed by atoms with Crippen LogP contribution in [0.2, 0.25) is 0 Å². The quantitative estimate of drug-likeness (QED) is 0.704. The van der Waals surface area contributed by atoms with Crippen LogP contribution in [0.1, 0.15) is 11.1 Å². The first-order valence-electron chi connectivity index (χ1n) is 6.78. The Labute approximate surface area is 123 Å². The molecule has 1 aromatic carbocycles. The van der Waals surface area contributed by atoms with Gasteiger partial charge in [0.1, 0.15) is 0 Å². The van der Waals surface area contributed by atoms with E-state index in [1.54, 1.807) is 18.7 Å². The number of nitrogen functional groups attached to an aromatic ring is 1. The Bertz CT molecular complexity index is 692. The Morgan fingerprint density at radius 1 is 1.10 bits per heavy atom. The van der Waals surface area contributed by atoms with E-state index in [4.69, 9.17) is 5.73 Å². The maximum Gasteiger partial charge on any atom is 0.0949 e. The molecule has 3 aromatic rings. The van der Waals surface area contributed by atoms with Gasteiger partial charge in [-0.25, -0.2) is 4.98 Å². The maximum atomic E-state index is 6.03. The number of anilines is 2. The van der Waals surface area contributed by atoms with Crippen LogP contribution in [0.25, 0.3) is 0 Å². The highest BCUT2D eigenvalue weighted by molar-refractivity contribution is 5.67. The Kier molecular flexibility index (Phi) is 3.82. The van der Waals surface area contributed by atoms with Crippen LogP contribution >= 0.6 is 0 Å². The molecule has 3 N–H and O–H groups in total. The smallest absolute Gasteiger partial charge is 0.0949 e. The molecule has 0 radical (unpaired) electrons. The molecule has 21 heavy (non-hydrogen) atoms. The molecule has 5 heteroatoms. The summed E-state index contributed by atoms with van der Waals surface area (Å²) in [6.07, 6.45) is 9.14. The third kappa shape index (κ3) is 3.39. The van der Waals surface area contributed by atoms with Crippen LogP contribution in [0.15, 0.2) is 61.4 Å². The van der Waals surface area contributed by atoms with Gasteiger partial charge < -0.3 is 15.6 Å². The highest BCUT2D eigenvalue weighted by Crippen LogP contribution is 2.21. The minimum Gasteiger partial charge on any atom is -0.397 e. The Morgan fingerprint density at radius 2 is 2.05 bits per heavy atom. The molecule has 0 amide bonds. The largest absolute Gasteiger partial charge is 0.397 e. The first-order chi connectivity index (χ1) is 10.3. The van der Waals surface area contributed by atoms with Gasteiger partial charge in [0.2, 0.25) is 0 Å². The Balaban J connectivity index is 1.72. The van der Waals surface area contributed by atoms with E-state index in [1.165, 1.54) is 5.56 Å². The molecule has 2 aromatic heterocycles. The average molecular weight is 279 g/mol. The van der Waals surface area contributed by atoms with E-state index in [0.717, 1.165) is 23.5 Å². The summed E-state index contributed by atoms with van der Waals surface area (Å²) in [7, 11) is 0. The summed E-state index contributed by atoms with van der Waals surface area (Å²) in [5.74, 6) is 0. The minimum absolute atomic E-state index is 0.701. The molecule has 106 valence electrons. The summed E-state index contributed by atoms with van der Waals surface area (Å²) in [4.78, 5) is 8.16. The second-order valence-corrected chi connectivity index (χ2v) is 4.87. The van der Waals surface area contributed by atoms with Gasteiger partial charge in [-0.1, -0.05) is 12.1 Å². The highest BCUT2D eigenvalue weighted by atomic mass is 15.0. The number of aromatic nitrogens is 3. The van der Waals surface area contributed by atoms with Crippen molar-refractivity contribution in [2.24, 2.45) is 0 Å². The fraction of sp³-hybridized carbons (Fsp3) is 0.125. The van der Waals surface area contributed by atoms with E-state index in [0.29, 0.717) is 6.54 Å². The lowest BCUT2D eigenvalue weighted by atomic mass is 10.1. The molecule has 5 nitrogen and oxygen atoms in total. The van der Waals surface area contributed by atoms with E-state index in [-0.39, 0.29) is 0 Å². The van der Waals surface area contributed by atoms with Crippen molar-refractivity contribution in [2.75, 3.05) is 11.1 Å². The predicted octanol–water partition coefficient (Wildman–Crippen LogP) is 2.52. The van der Waals surface area contributed by atoms with Gasteiger partial charge in [-0.05, 0) is 29.3 Å². The van der Waals surface area contributed by atoms with Crippen LogP contribution in [0.5, 0.6) is 0 Å². The van der Waals surface area contributed by atoms with Crippen LogP contribution < -0.4 is 11.1 Å². The lowest BCUT2D eigenvalue weighted by Gasteiger charge is -2.11. The highest BCUT2D eigenvalue weighted by Gasteiger charge is 2.02. The minimum atomic E-state index is 0.701. The summed E-state index contributed by atoms with van der Waals surface area (Å²) in [5.41, 5.74) is 10.0. The topological polar surface area (TPSA) is 68.8 Å². The van der Waals surface area contributed by atoms with Gasteiger partial charge in [0.15, 0.2) is 0 Å². The molecule has 0 fully saturated rings. The zero-order chi connectivity index (χ0) is 14.5. The van der Waals surface area contributed by atoms with Gasteiger partial charge in [-0.3, -0.25) is 4.98 Å². The maximum absolute atomic E-state index is 6.03. The van der Waals surface area contributed by atoms with Gasteiger partial charge in [0.05, 0.1) is 17.7 Å². The molecule has 0 unspecified atom stereocenters. The zero-order valence-corrected chi connectivity index (χ0v) is 11.6. The zero-order valence-electron chi connectivity index (χ0n) is 11.6. The number of nitrogens with zero attached hydrogens (tertiary/aromatic N) is 3. The number of rotatable bonds is 5. The molecular formula is C16H17N5. The van der Waals surface area contributed by atoms with Crippen molar-refractivity contribution in [3.8, 4) is 0 Å². The molecule has 0 atom stereocenters. The van der Waals surface area contributed by atoms with Crippen LogP contribution in [-0.4, -0.2) is 14.5 Å². The van der Waals surface area contributed by atoms with Gasteiger partial charge in [-0.2, -0.15) is 0 Å². The van der Waals surface area contributed by atoms with E-state index in [2.05, 4.69) is 21.4 Å². The fourth-order valence-corrected chi connectivity index (χ4v) is 2.15. The second-order valence-electron chi connectivity index (χ2n) is 4.87. The summed E-state index contributed by atoms with van der Waals surface area (Å²) in [6.45, 7) is 1.48. The molecule has 0 saturated carbocycles. The summed E-state index contributed by atoms with van der Waals surface area (Å²) in [6, 6.07) is 10.00. The molecule has 3 rings (SSSR count). The number of pyridine rings is 1. The molecule has 0 aliphatic rings. The molecule has 2 heterocycles. The van der Waals surface area contributed by atoms with Gasteiger partial charge in [0.25, 0.3) is 0 Å². The number of imidazole rings is 1. The van der Waals surface area contributed by atoms with E-state index < -0.39 is 0 Å². The molecule has 0 saturated heterocycles. The van der Waals surface area contributed by atoms with Gasteiger partial charge in [-0.15, -0.1) is 0 Å². The van der Waals surface area contributed by atoms with Crippen molar-refractivity contribution < 1.29 is 0 Å². The SMILES string of the molecule is Nc1ccc(Cn2ccnc2)cc1NCc1cccnc1. The second kappa shape index (κ2) is 6.09. The van der Waals surface area contributed by atoms with Crippen molar-refractivity contribution in [1.29, 1.82) is 0 Å². The van der Waals surface area contributed by atoms with Gasteiger partial charge in [0, 0.05) is 37.9 Å². The summed E-state index contributed by atoms with van der Waals surface area (Å²) < 4.78 is 2.02. The normalized spacial score (nSPS) is 10.5. The van der Waals surface area contributed by atoms with E-state index in [1.807, 2.05) is 41.2 Å². The number of benzene rings is 1. The van der Waals surface area contributed by atoms with Gasteiger partial charge >= 0.3 is 0 Å². The predicted molar refractivity (Wildman–Crippen MR) is 83.7 cm³/mol. The number of nitrogens with one attached hydrogen (secondary N) is 1. The lowest BCUT2D eigenvalue weighted by Crippen LogP contribution is -2.04.